The van der Waals surface area contributed by atoms with E-state index < -0.39 is 10.0 Å². The fourth-order valence-corrected chi connectivity index (χ4v) is 4.79. The molecule has 1 aromatic heterocycles. The van der Waals surface area contributed by atoms with Crippen molar-refractivity contribution in [3.05, 3.63) is 46.8 Å². The summed E-state index contributed by atoms with van der Waals surface area (Å²) in [5.74, 6) is -0.268. The summed E-state index contributed by atoms with van der Waals surface area (Å²) in [5.41, 5.74) is 1.76. The molecule has 26 heavy (non-hydrogen) atoms. The van der Waals surface area contributed by atoms with Gasteiger partial charge in [-0.15, -0.1) is 0 Å². The maximum atomic E-state index is 13.0. The molecule has 7 nitrogen and oxygen atoms in total. The molecule has 0 aliphatic carbocycles. The number of anilines is 1. The van der Waals surface area contributed by atoms with Crippen LogP contribution in [0.4, 0.5) is 5.69 Å². The first-order chi connectivity index (χ1) is 12.3. The monoisotopic (exact) mass is 372 g/mol. The van der Waals surface area contributed by atoms with E-state index in [4.69, 9.17) is 5.26 Å². The second-order valence-corrected chi connectivity index (χ2v) is 8.00. The maximum absolute atomic E-state index is 13.0. The lowest BCUT2D eigenvalue weighted by atomic mass is 10.2. The largest absolute Gasteiger partial charge is 0.361 e. The minimum Gasteiger partial charge on any atom is -0.361 e. The van der Waals surface area contributed by atoms with Crippen LogP contribution in [-0.4, -0.2) is 37.3 Å². The molecule has 8 heteroatoms. The molecular formula is C18H20N4O3S. The molecule has 0 radical (unpaired) electrons. The average molecular weight is 372 g/mol. The van der Waals surface area contributed by atoms with Crippen LogP contribution in [-0.2, 0) is 10.0 Å². The van der Waals surface area contributed by atoms with E-state index in [1.807, 2.05) is 6.07 Å². The number of carbonyl (C=O) groups is 1. The number of hydrogen-bond donors (Lipinski definition) is 2. The first kappa shape index (κ1) is 18.0. The lowest BCUT2D eigenvalue weighted by Gasteiger charge is -2.17. The van der Waals surface area contributed by atoms with E-state index in [0.717, 1.165) is 12.8 Å². The van der Waals surface area contributed by atoms with E-state index in [9.17, 15) is 13.2 Å². The van der Waals surface area contributed by atoms with Crippen LogP contribution in [0.1, 0.15) is 40.2 Å². The number of aryl methyl sites for hydroxylation is 2. The summed E-state index contributed by atoms with van der Waals surface area (Å²) in [6.07, 6.45) is 1.85. The van der Waals surface area contributed by atoms with E-state index in [-0.39, 0.29) is 22.1 Å². The zero-order chi connectivity index (χ0) is 18.9. The van der Waals surface area contributed by atoms with Gasteiger partial charge >= 0.3 is 0 Å². The topological polar surface area (TPSA) is 106 Å². The summed E-state index contributed by atoms with van der Waals surface area (Å²) in [6, 6.07) is 8.18. The zero-order valence-electron chi connectivity index (χ0n) is 14.7. The number of likely N-dealkylation sites (tertiary alicyclic amines) is 1. The number of H-pyrrole nitrogens is 1. The lowest BCUT2D eigenvalue weighted by Crippen LogP contribution is -2.29. The molecule has 0 atom stereocenters. The molecule has 136 valence electrons. The molecule has 1 aromatic carbocycles. The van der Waals surface area contributed by atoms with Gasteiger partial charge in [0.25, 0.3) is 15.9 Å². The summed E-state index contributed by atoms with van der Waals surface area (Å²) in [4.78, 5) is 17.5. The number of sulfonamides is 1. The Kier molecular flexibility index (Phi) is 4.74. The molecule has 0 unspecified atom stereocenters. The Hall–Kier alpha value is -2.79. The van der Waals surface area contributed by atoms with Crippen LogP contribution in [0.15, 0.2) is 29.2 Å². The van der Waals surface area contributed by atoms with E-state index in [0.29, 0.717) is 30.0 Å². The van der Waals surface area contributed by atoms with Gasteiger partial charge in [-0.2, -0.15) is 5.26 Å². The molecule has 1 aliphatic rings. The van der Waals surface area contributed by atoms with Crippen LogP contribution in [0, 0.1) is 25.2 Å². The molecule has 2 heterocycles. The van der Waals surface area contributed by atoms with Gasteiger partial charge in [0.2, 0.25) is 0 Å². The first-order valence-corrected chi connectivity index (χ1v) is 9.83. The van der Waals surface area contributed by atoms with Crippen molar-refractivity contribution in [1.82, 2.24) is 9.88 Å². The Labute approximate surface area is 152 Å². The fourth-order valence-electron chi connectivity index (χ4n) is 3.29. The summed E-state index contributed by atoms with van der Waals surface area (Å²) in [5, 5.41) is 8.98. The second kappa shape index (κ2) is 6.84. The third-order valence-electron chi connectivity index (χ3n) is 4.44. The Balaban J connectivity index is 2.02. The van der Waals surface area contributed by atoms with Gasteiger partial charge < -0.3 is 9.88 Å². The van der Waals surface area contributed by atoms with Crippen molar-refractivity contribution in [3.8, 4) is 6.07 Å². The van der Waals surface area contributed by atoms with Crippen LogP contribution in [0.25, 0.3) is 0 Å². The SMILES string of the molecule is Cc1[nH]c(C)c(S(=O)(=O)Nc2cccc(C#N)c2)c1C(=O)N1CCCC1. The fraction of sp³-hybridized carbons (Fsp3) is 0.333. The normalized spacial score (nSPS) is 14.3. The highest BCUT2D eigenvalue weighted by molar-refractivity contribution is 7.92. The molecular weight excluding hydrogens is 352 g/mol. The average Bonchev–Trinajstić information content (AvgIpc) is 3.22. The number of nitrogens with one attached hydrogen (secondary N) is 2. The van der Waals surface area contributed by atoms with Gasteiger partial charge in [0.1, 0.15) is 4.90 Å². The standard InChI is InChI=1S/C18H20N4O3S/c1-12-16(18(23)22-8-3-4-9-22)17(13(2)20-12)26(24,25)21-15-7-5-6-14(10-15)11-19/h5-7,10,20-21H,3-4,8-9H2,1-2H3. The molecule has 2 aromatic rings. The second-order valence-electron chi connectivity index (χ2n) is 6.38. The Morgan fingerprint density at radius 1 is 1.23 bits per heavy atom. The van der Waals surface area contributed by atoms with Crippen molar-refractivity contribution in [2.24, 2.45) is 0 Å². The lowest BCUT2D eigenvalue weighted by molar-refractivity contribution is 0.0788. The van der Waals surface area contributed by atoms with Gasteiger partial charge in [-0.25, -0.2) is 8.42 Å². The molecule has 2 N–H and O–H groups in total. The quantitative estimate of drug-likeness (QED) is 0.860. The van der Waals surface area contributed by atoms with Crippen molar-refractivity contribution in [3.63, 3.8) is 0 Å². The smallest absolute Gasteiger partial charge is 0.264 e. The first-order valence-electron chi connectivity index (χ1n) is 8.35. The summed E-state index contributed by atoms with van der Waals surface area (Å²) in [7, 11) is -3.99. The summed E-state index contributed by atoms with van der Waals surface area (Å²) < 4.78 is 28.5. The van der Waals surface area contributed by atoms with E-state index in [1.165, 1.54) is 6.07 Å². The van der Waals surface area contributed by atoms with Crippen molar-refractivity contribution in [1.29, 1.82) is 5.26 Å². The molecule has 1 fully saturated rings. The van der Waals surface area contributed by atoms with Crippen LogP contribution in [0.3, 0.4) is 0 Å². The number of nitrogens with zero attached hydrogens (tertiary/aromatic N) is 2. The van der Waals surface area contributed by atoms with Crippen molar-refractivity contribution >= 4 is 21.6 Å². The predicted octanol–water partition coefficient (Wildman–Crippen LogP) is 2.54. The summed E-state index contributed by atoms with van der Waals surface area (Å²) >= 11 is 0. The van der Waals surface area contributed by atoms with Crippen LogP contribution in [0.5, 0.6) is 0 Å². The summed E-state index contributed by atoms with van der Waals surface area (Å²) in [6.45, 7) is 4.61. The van der Waals surface area contributed by atoms with Crippen molar-refractivity contribution in [2.75, 3.05) is 17.8 Å². The number of amides is 1. The van der Waals surface area contributed by atoms with Crippen molar-refractivity contribution < 1.29 is 13.2 Å². The molecule has 1 aliphatic heterocycles. The predicted molar refractivity (Wildman–Crippen MR) is 97.4 cm³/mol. The third kappa shape index (κ3) is 3.30. The number of carbonyl (C=O) groups excluding carboxylic acids is 1. The zero-order valence-corrected chi connectivity index (χ0v) is 15.5. The maximum Gasteiger partial charge on any atom is 0.264 e. The third-order valence-corrected chi connectivity index (χ3v) is 5.99. The van der Waals surface area contributed by atoms with Gasteiger partial charge in [-0.05, 0) is 44.9 Å². The molecule has 1 amide bonds. The van der Waals surface area contributed by atoms with Gasteiger partial charge in [0, 0.05) is 24.5 Å². The number of aromatic nitrogens is 1. The van der Waals surface area contributed by atoms with Gasteiger partial charge in [-0.1, -0.05) is 6.07 Å². The number of nitriles is 1. The number of aromatic amines is 1. The van der Waals surface area contributed by atoms with E-state index >= 15 is 0 Å². The minimum absolute atomic E-state index is 0.0331. The molecule has 0 spiro atoms. The van der Waals surface area contributed by atoms with E-state index in [1.54, 1.807) is 36.9 Å². The number of hydrogen-bond acceptors (Lipinski definition) is 4. The van der Waals surface area contributed by atoms with Crippen molar-refractivity contribution in [2.45, 2.75) is 31.6 Å². The molecule has 3 rings (SSSR count). The number of benzene rings is 1. The Morgan fingerprint density at radius 3 is 2.58 bits per heavy atom. The highest BCUT2D eigenvalue weighted by Gasteiger charge is 2.32. The van der Waals surface area contributed by atoms with Gasteiger partial charge in [-0.3, -0.25) is 9.52 Å². The molecule has 0 saturated carbocycles. The Morgan fingerprint density at radius 2 is 1.92 bits per heavy atom. The molecule has 0 bridgehead atoms. The highest BCUT2D eigenvalue weighted by atomic mass is 32.2. The minimum atomic E-state index is -3.99. The van der Waals surface area contributed by atoms with Crippen LogP contribution < -0.4 is 4.72 Å². The van der Waals surface area contributed by atoms with E-state index in [2.05, 4.69) is 9.71 Å². The Bertz CT molecular complexity index is 996. The molecule has 1 saturated heterocycles. The van der Waals surface area contributed by atoms with Gasteiger partial charge in [0.15, 0.2) is 0 Å². The van der Waals surface area contributed by atoms with Crippen LogP contribution in [0.2, 0.25) is 0 Å². The highest BCUT2D eigenvalue weighted by Crippen LogP contribution is 2.28. The van der Waals surface area contributed by atoms with Crippen LogP contribution >= 0.6 is 0 Å². The van der Waals surface area contributed by atoms with Gasteiger partial charge in [0.05, 0.1) is 22.9 Å². The number of rotatable bonds is 4.